The number of ether oxygens (including phenoxy) is 3. The van der Waals surface area contributed by atoms with Crippen molar-refractivity contribution in [1.82, 2.24) is 0 Å². The molecule has 0 amide bonds. The van der Waals surface area contributed by atoms with Crippen molar-refractivity contribution < 1.29 is 19.0 Å². The summed E-state index contributed by atoms with van der Waals surface area (Å²) in [5.74, 6) is -0.204. The molecule has 2 N–H and O–H groups in total. The lowest BCUT2D eigenvalue weighted by Gasteiger charge is -2.16. The summed E-state index contributed by atoms with van der Waals surface area (Å²) in [4.78, 5) is 11.5. The average Bonchev–Trinajstić information content (AvgIpc) is 2.35. The van der Waals surface area contributed by atoms with E-state index in [1.54, 1.807) is 7.11 Å². The van der Waals surface area contributed by atoms with Crippen LogP contribution in [0, 0.1) is 5.92 Å². The second-order valence-electron chi connectivity index (χ2n) is 4.04. The maximum atomic E-state index is 11.5. The van der Waals surface area contributed by atoms with Gasteiger partial charge in [0, 0.05) is 20.3 Å². The molecule has 0 aromatic rings. The lowest BCUT2D eigenvalue weighted by Crippen LogP contribution is -2.38. The maximum Gasteiger partial charge on any atom is 0.323 e. The Kier molecular flexibility index (Phi) is 10.1. The van der Waals surface area contributed by atoms with E-state index < -0.39 is 6.04 Å². The lowest BCUT2D eigenvalue weighted by atomic mass is 10.0. The molecule has 0 aliphatic heterocycles. The first-order valence-corrected chi connectivity index (χ1v) is 6.12. The zero-order chi connectivity index (χ0) is 13.1. The third kappa shape index (κ3) is 8.12. The van der Waals surface area contributed by atoms with Crippen molar-refractivity contribution in [2.24, 2.45) is 11.7 Å². The Bertz CT molecular complexity index is 199. The van der Waals surface area contributed by atoms with Gasteiger partial charge >= 0.3 is 5.97 Å². The molecular weight excluding hydrogens is 222 g/mol. The third-order valence-corrected chi connectivity index (χ3v) is 2.64. The second-order valence-corrected chi connectivity index (χ2v) is 4.04. The summed E-state index contributed by atoms with van der Waals surface area (Å²) in [6, 6.07) is -0.534. The van der Waals surface area contributed by atoms with Crippen LogP contribution in [0.2, 0.25) is 0 Å². The molecule has 0 fully saturated rings. The van der Waals surface area contributed by atoms with E-state index in [9.17, 15) is 4.79 Å². The van der Waals surface area contributed by atoms with E-state index in [1.165, 1.54) is 0 Å². The predicted molar refractivity (Wildman–Crippen MR) is 65.7 cm³/mol. The number of esters is 1. The SMILES string of the molecule is CCC(C)[C@H](N)C(=O)OCCOCCCOC. The van der Waals surface area contributed by atoms with Gasteiger partial charge in [-0.25, -0.2) is 0 Å². The van der Waals surface area contributed by atoms with Crippen LogP contribution in [0.5, 0.6) is 0 Å². The highest BCUT2D eigenvalue weighted by Gasteiger charge is 2.20. The lowest BCUT2D eigenvalue weighted by molar-refractivity contribution is -0.148. The van der Waals surface area contributed by atoms with Crippen molar-refractivity contribution in [3.63, 3.8) is 0 Å². The van der Waals surface area contributed by atoms with Crippen LogP contribution < -0.4 is 5.73 Å². The summed E-state index contributed by atoms with van der Waals surface area (Å²) in [6.45, 7) is 5.89. The van der Waals surface area contributed by atoms with Crippen LogP contribution in [0.4, 0.5) is 0 Å². The molecule has 0 aliphatic carbocycles. The van der Waals surface area contributed by atoms with Gasteiger partial charge in [0.05, 0.1) is 6.61 Å². The topological polar surface area (TPSA) is 70.8 Å². The number of hydrogen-bond acceptors (Lipinski definition) is 5. The van der Waals surface area contributed by atoms with Crippen LogP contribution in [0.1, 0.15) is 26.7 Å². The van der Waals surface area contributed by atoms with E-state index in [0.717, 1.165) is 12.8 Å². The Morgan fingerprint density at radius 2 is 1.94 bits per heavy atom. The van der Waals surface area contributed by atoms with Gasteiger partial charge in [-0.3, -0.25) is 4.79 Å². The van der Waals surface area contributed by atoms with E-state index in [0.29, 0.717) is 19.8 Å². The van der Waals surface area contributed by atoms with Gasteiger partial charge < -0.3 is 19.9 Å². The Hall–Kier alpha value is -0.650. The van der Waals surface area contributed by atoms with E-state index in [-0.39, 0.29) is 18.5 Å². The Morgan fingerprint density at radius 1 is 1.24 bits per heavy atom. The number of rotatable bonds is 10. The minimum absolute atomic E-state index is 0.144. The smallest absolute Gasteiger partial charge is 0.323 e. The van der Waals surface area contributed by atoms with Gasteiger partial charge in [0.15, 0.2) is 0 Å². The van der Waals surface area contributed by atoms with Gasteiger partial charge in [0.2, 0.25) is 0 Å². The van der Waals surface area contributed by atoms with Gasteiger partial charge in [0.1, 0.15) is 12.6 Å². The fourth-order valence-electron chi connectivity index (χ4n) is 1.19. The van der Waals surface area contributed by atoms with Gasteiger partial charge in [-0.05, 0) is 12.3 Å². The highest BCUT2D eigenvalue weighted by molar-refractivity contribution is 5.75. The molecule has 0 radical (unpaired) electrons. The van der Waals surface area contributed by atoms with Crippen LogP contribution in [-0.2, 0) is 19.0 Å². The predicted octanol–water partition coefficient (Wildman–Crippen LogP) is 0.956. The van der Waals surface area contributed by atoms with Crippen molar-refractivity contribution >= 4 is 5.97 Å². The zero-order valence-electron chi connectivity index (χ0n) is 11.1. The number of nitrogens with two attached hydrogens (primary N) is 1. The summed E-state index contributed by atoms with van der Waals surface area (Å²) in [5.41, 5.74) is 5.72. The van der Waals surface area contributed by atoms with Crippen LogP contribution in [0.3, 0.4) is 0 Å². The number of hydrogen-bond donors (Lipinski definition) is 1. The van der Waals surface area contributed by atoms with Crippen molar-refractivity contribution in [2.75, 3.05) is 33.5 Å². The first-order chi connectivity index (χ1) is 8.13. The van der Waals surface area contributed by atoms with Gasteiger partial charge in [0.25, 0.3) is 0 Å². The van der Waals surface area contributed by atoms with E-state index >= 15 is 0 Å². The molecule has 5 nitrogen and oxygen atoms in total. The Labute approximate surface area is 104 Å². The average molecular weight is 247 g/mol. The molecule has 0 aliphatic rings. The highest BCUT2D eigenvalue weighted by atomic mass is 16.6. The second kappa shape index (κ2) is 10.5. The Balaban J connectivity index is 3.45. The molecular formula is C12H25NO4. The van der Waals surface area contributed by atoms with Crippen molar-refractivity contribution in [2.45, 2.75) is 32.7 Å². The largest absolute Gasteiger partial charge is 0.462 e. The molecule has 0 rings (SSSR count). The molecule has 1 unspecified atom stereocenters. The standard InChI is InChI=1S/C12H25NO4/c1-4-10(2)11(13)12(14)17-9-8-16-7-5-6-15-3/h10-11H,4-9,13H2,1-3H3/t10?,11-/m0/s1. The number of carbonyl (C=O) groups is 1. The minimum Gasteiger partial charge on any atom is -0.462 e. The van der Waals surface area contributed by atoms with Gasteiger partial charge in [-0.1, -0.05) is 20.3 Å². The zero-order valence-corrected chi connectivity index (χ0v) is 11.1. The van der Waals surface area contributed by atoms with E-state index in [2.05, 4.69) is 0 Å². The summed E-state index contributed by atoms with van der Waals surface area (Å²) >= 11 is 0. The van der Waals surface area contributed by atoms with Crippen LogP contribution in [-0.4, -0.2) is 45.5 Å². The highest BCUT2D eigenvalue weighted by Crippen LogP contribution is 2.06. The van der Waals surface area contributed by atoms with Crippen LogP contribution >= 0.6 is 0 Å². The quantitative estimate of drug-likeness (QED) is 0.460. The Morgan fingerprint density at radius 3 is 2.53 bits per heavy atom. The number of carbonyl (C=O) groups excluding carboxylic acids is 1. The summed E-state index contributed by atoms with van der Waals surface area (Å²) in [7, 11) is 1.65. The number of methoxy groups -OCH3 is 1. The van der Waals surface area contributed by atoms with E-state index in [4.69, 9.17) is 19.9 Å². The molecule has 0 saturated heterocycles. The molecule has 5 heteroatoms. The molecule has 0 saturated carbocycles. The van der Waals surface area contributed by atoms with Gasteiger partial charge in [-0.15, -0.1) is 0 Å². The van der Waals surface area contributed by atoms with E-state index in [1.807, 2.05) is 13.8 Å². The van der Waals surface area contributed by atoms with Gasteiger partial charge in [-0.2, -0.15) is 0 Å². The minimum atomic E-state index is -0.534. The third-order valence-electron chi connectivity index (χ3n) is 2.64. The van der Waals surface area contributed by atoms with Crippen molar-refractivity contribution in [3.8, 4) is 0 Å². The molecule has 17 heavy (non-hydrogen) atoms. The summed E-state index contributed by atoms with van der Waals surface area (Å²) in [5, 5.41) is 0. The molecule has 0 spiro atoms. The first-order valence-electron chi connectivity index (χ1n) is 6.12. The molecule has 0 aromatic carbocycles. The molecule has 102 valence electrons. The van der Waals surface area contributed by atoms with Crippen molar-refractivity contribution in [3.05, 3.63) is 0 Å². The molecule has 0 aromatic heterocycles. The monoisotopic (exact) mass is 247 g/mol. The fraction of sp³-hybridized carbons (Fsp3) is 0.917. The molecule has 0 bridgehead atoms. The van der Waals surface area contributed by atoms with Crippen molar-refractivity contribution in [1.29, 1.82) is 0 Å². The van der Waals surface area contributed by atoms with Crippen LogP contribution in [0.15, 0.2) is 0 Å². The maximum absolute atomic E-state index is 11.5. The summed E-state index contributed by atoms with van der Waals surface area (Å²) in [6.07, 6.45) is 1.71. The summed E-state index contributed by atoms with van der Waals surface area (Å²) < 4.78 is 15.1. The normalized spacial score (nSPS) is 14.4. The first kappa shape index (κ1) is 16.4. The van der Waals surface area contributed by atoms with Crippen LogP contribution in [0.25, 0.3) is 0 Å². The molecule has 0 heterocycles. The molecule has 2 atom stereocenters. The fourth-order valence-corrected chi connectivity index (χ4v) is 1.19.